The van der Waals surface area contributed by atoms with Gasteiger partial charge in [-0.2, -0.15) is 5.26 Å². The highest BCUT2D eigenvalue weighted by Gasteiger charge is 2.08. The van der Waals surface area contributed by atoms with E-state index in [1.807, 2.05) is 14.1 Å². The molecule has 0 radical (unpaired) electrons. The summed E-state index contributed by atoms with van der Waals surface area (Å²) in [7, 11) is 3.89. The average Bonchev–Trinajstić information content (AvgIpc) is 2.81. The maximum Gasteiger partial charge on any atom is 0.226 e. The molecule has 0 atom stereocenters. The van der Waals surface area contributed by atoms with Crippen molar-refractivity contribution in [2.75, 3.05) is 39.0 Å². The van der Waals surface area contributed by atoms with Crippen LogP contribution in [-0.2, 0) is 4.79 Å². The average molecular weight is 266 g/mol. The van der Waals surface area contributed by atoms with Crippen molar-refractivity contribution in [3.63, 3.8) is 0 Å². The third-order valence-electron chi connectivity index (χ3n) is 2.50. The molecule has 1 amide bonds. The molecule has 18 heavy (non-hydrogen) atoms. The van der Waals surface area contributed by atoms with E-state index in [0.29, 0.717) is 23.5 Å². The van der Waals surface area contributed by atoms with Crippen molar-refractivity contribution < 1.29 is 4.79 Å². The molecule has 0 saturated heterocycles. The van der Waals surface area contributed by atoms with Gasteiger partial charge in [0.2, 0.25) is 5.91 Å². The van der Waals surface area contributed by atoms with Gasteiger partial charge in [-0.15, -0.1) is 11.3 Å². The molecule has 1 rings (SSSR count). The van der Waals surface area contributed by atoms with E-state index in [1.54, 1.807) is 11.4 Å². The first kappa shape index (κ1) is 14.6. The van der Waals surface area contributed by atoms with Crippen LogP contribution in [-0.4, -0.2) is 44.5 Å². The number of nitriles is 1. The number of amides is 1. The Hall–Kier alpha value is -1.42. The fourth-order valence-corrected chi connectivity index (χ4v) is 2.14. The third-order valence-corrected chi connectivity index (χ3v) is 3.33. The predicted octanol–water partition coefficient (Wildman–Crippen LogP) is 1.10. The minimum absolute atomic E-state index is 0.0507. The van der Waals surface area contributed by atoms with Crippen LogP contribution < -0.4 is 10.6 Å². The Morgan fingerprint density at radius 1 is 1.56 bits per heavy atom. The highest BCUT2D eigenvalue weighted by Crippen LogP contribution is 2.22. The van der Waals surface area contributed by atoms with Crippen molar-refractivity contribution in [2.45, 2.75) is 6.42 Å². The Bertz CT molecular complexity index is 424. The van der Waals surface area contributed by atoms with Gasteiger partial charge in [-0.1, -0.05) is 0 Å². The van der Waals surface area contributed by atoms with E-state index in [4.69, 9.17) is 5.26 Å². The summed E-state index contributed by atoms with van der Waals surface area (Å²) < 4.78 is 0. The molecule has 2 N–H and O–H groups in total. The van der Waals surface area contributed by atoms with Gasteiger partial charge in [0.15, 0.2) is 0 Å². The first-order valence-corrected chi connectivity index (χ1v) is 6.66. The molecule has 98 valence electrons. The van der Waals surface area contributed by atoms with Gasteiger partial charge in [0.25, 0.3) is 0 Å². The number of thiophene rings is 1. The van der Waals surface area contributed by atoms with E-state index in [2.05, 4.69) is 21.6 Å². The Labute approximate surface area is 111 Å². The van der Waals surface area contributed by atoms with Crippen molar-refractivity contribution in [3.05, 3.63) is 17.0 Å². The number of hydrogen-bond acceptors (Lipinski definition) is 5. The zero-order valence-electron chi connectivity index (χ0n) is 10.7. The summed E-state index contributed by atoms with van der Waals surface area (Å²) in [6, 6.07) is 3.76. The van der Waals surface area contributed by atoms with Crippen LogP contribution in [0.3, 0.4) is 0 Å². The van der Waals surface area contributed by atoms with Crippen LogP contribution in [0.25, 0.3) is 0 Å². The zero-order chi connectivity index (χ0) is 13.4. The third kappa shape index (κ3) is 4.84. The standard InChI is InChI=1S/C12H18N4OS/c1-14-5-7-16(2)6-3-11(17)15-12-10(9-13)4-8-18-12/h4,8,14H,3,5-7H2,1-2H3,(H,15,17). The summed E-state index contributed by atoms with van der Waals surface area (Å²) in [6.45, 7) is 2.52. The quantitative estimate of drug-likeness (QED) is 0.775. The van der Waals surface area contributed by atoms with Crippen molar-refractivity contribution >= 4 is 22.2 Å². The number of carbonyl (C=O) groups excluding carboxylic acids is 1. The maximum absolute atomic E-state index is 11.7. The van der Waals surface area contributed by atoms with Crippen LogP contribution in [0.4, 0.5) is 5.00 Å². The van der Waals surface area contributed by atoms with Gasteiger partial charge >= 0.3 is 0 Å². The first-order valence-electron chi connectivity index (χ1n) is 5.78. The smallest absolute Gasteiger partial charge is 0.226 e. The van der Waals surface area contributed by atoms with E-state index in [-0.39, 0.29) is 5.91 Å². The van der Waals surface area contributed by atoms with Crippen molar-refractivity contribution in [2.24, 2.45) is 0 Å². The maximum atomic E-state index is 11.7. The molecule has 5 nitrogen and oxygen atoms in total. The fraction of sp³-hybridized carbons (Fsp3) is 0.500. The molecule has 1 aromatic rings. The number of likely N-dealkylation sites (N-methyl/N-ethyl adjacent to an activating group) is 2. The van der Waals surface area contributed by atoms with Gasteiger partial charge in [-0.25, -0.2) is 0 Å². The van der Waals surface area contributed by atoms with Gasteiger partial charge in [0, 0.05) is 26.1 Å². The molecule has 6 heteroatoms. The van der Waals surface area contributed by atoms with Gasteiger partial charge in [0.05, 0.1) is 5.56 Å². The second-order valence-corrected chi connectivity index (χ2v) is 4.90. The molecule has 0 aliphatic carbocycles. The lowest BCUT2D eigenvalue weighted by Crippen LogP contribution is -2.30. The van der Waals surface area contributed by atoms with Crippen molar-refractivity contribution in [1.29, 1.82) is 5.26 Å². The summed E-state index contributed by atoms with van der Waals surface area (Å²) in [4.78, 5) is 13.8. The molecule has 0 spiro atoms. The predicted molar refractivity (Wildman–Crippen MR) is 73.7 cm³/mol. The zero-order valence-corrected chi connectivity index (χ0v) is 11.5. The summed E-state index contributed by atoms with van der Waals surface area (Å²) in [5, 5.41) is 17.1. The SMILES string of the molecule is CNCCN(C)CCC(=O)Nc1sccc1C#N. The monoisotopic (exact) mass is 266 g/mol. The number of hydrogen-bond donors (Lipinski definition) is 2. The van der Waals surface area contributed by atoms with Gasteiger partial charge in [-0.3, -0.25) is 4.79 Å². The molecule has 0 aliphatic rings. The van der Waals surface area contributed by atoms with Crippen LogP contribution in [0, 0.1) is 11.3 Å². The summed E-state index contributed by atoms with van der Waals surface area (Å²) >= 11 is 1.37. The number of rotatable bonds is 7. The van der Waals surface area contributed by atoms with Crippen molar-refractivity contribution in [3.8, 4) is 6.07 Å². The minimum atomic E-state index is -0.0507. The molecular weight excluding hydrogens is 248 g/mol. The highest BCUT2D eigenvalue weighted by atomic mass is 32.1. The Morgan fingerprint density at radius 3 is 3.00 bits per heavy atom. The second-order valence-electron chi connectivity index (χ2n) is 3.98. The Balaban J connectivity index is 2.32. The number of anilines is 1. The van der Waals surface area contributed by atoms with Crippen LogP contribution in [0.5, 0.6) is 0 Å². The molecule has 0 saturated carbocycles. The molecule has 0 unspecified atom stereocenters. The van der Waals surface area contributed by atoms with E-state index in [9.17, 15) is 4.79 Å². The molecule has 0 aromatic carbocycles. The normalized spacial score (nSPS) is 10.3. The largest absolute Gasteiger partial charge is 0.318 e. The lowest BCUT2D eigenvalue weighted by atomic mass is 10.3. The molecule has 0 fully saturated rings. The second kappa shape index (κ2) is 7.82. The number of carbonyl (C=O) groups is 1. The van der Waals surface area contributed by atoms with E-state index in [1.165, 1.54) is 11.3 Å². The van der Waals surface area contributed by atoms with E-state index < -0.39 is 0 Å². The molecule has 1 aromatic heterocycles. The highest BCUT2D eigenvalue weighted by molar-refractivity contribution is 7.14. The summed E-state index contributed by atoms with van der Waals surface area (Å²) in [5.74, 6) is -0.0507. The number of nitrogens with zero attached hydrogens (tertiary/aromatic N) is 2. The topological polar surface area (TPSA) is 68.2 Å². The lowest BCUT2D eigenvalue weighted by Gasteiger charge is -2.15. The summed E-state index contributed by atoms with van der Waals surface area (Å²) in [5.41, 5.74) is 0.525. The molecule has 1 heterocycles. The van der Waals surface area contributed by atoms with E-state index >= 15 is 0 Å². The Kier molecular flexibility index (Phi) is 6.36. The summed E-state index contributed by atoms with van der Waals surface area (Å²) in [6.07, 6.45) is 0.434. The van der Waals surface area contributed by atoms with Crippen LogP contribution in [0.1, 0.15) is 12.0 Å². The minimum Gasteiger partial charge on any atom is -0.318 e. The lowest BCUT2D eigenvalue weighted by molar-refractivity contribution is -0.116. The van der Waals surface area contributed by atoms with Crippen molar-refractivity contribution in [1.82, 2.24) is 10.2 Å². The number of nitrogens with one attached hydrogen (secondary N) is 2. The molecule has 0 aliphatic heterocycles. The van der Waals surface area contributed by atoms with Crippen LogP contribution in [0.2, 0.25) is 0 Å². The first-order chi connectivity index (χ1) is 8.67. The molecule has 0 bridgehead atoms. The van der Waals surface area contributed by atoms with Crippen LogP contribution >= 0.6 is 11.3 Å². The van der Waals surface area contributed by atoms with Gasteiger partial charge in [0.1, 0.15) is 11.1 Å². The van der Waals surface area contributed by atoms with Gasteiger partial charge in [-0.05, 0) is 25.5 Å². The fourth-order valence-electron chi connectivity index (χ4n) is 1.39. The van der Waals surface area contributed by atoms with Crippen LogP contribution in [0.15, 0.2) is 11.4 Å². The van der Waals surface area contributed by atoms with Gasteiger partial charge < -0.3 is 15.5 Å². The van der Waals surface area contributed by atoms with E-state index in [0.717, 1.165) is 13.1 Å². The Morgan fingerprint density at radius 2 is 2.33 bits per heavy atom. The molecular formula is C12H18N4OS.